The SMILES string of the molecule is CCCCC1(CC)OB(c2ccc(Nc3ccc(OC)cc3)cc2)N(c2c(OC)cccc2OC)C1=O. The van der Waals surface area contributed by atoms with Gasteiger partial charge in [0.15, 0.2) is 0 Å². The Hall–Kier alpha value is -3.65. The van der Waals surface area contributed by atoms with E-state index < -0.39 is 12.7 Å². The molecule has 1 atom stereocenters. The van der Waals surface area contributed by atoms with Gasteiger partial charge in [0.05, 0.1) is 21.3 Å². The first-order valence-electron chi connectivity index (χ1n) is 12.7. The van der Waals surface area contributed by atoms with Crippen molar-refractivity contribution >= 4 is 35.5 Å². The molecule has 1 heterocycles. The minimum atomic E-state index is -0.910. The van der Waals surface area contributed by atoms with Gasteiger partial charge in [-0.2, -0.15) is 0 Å². The van der Waals surface area contributed by atoms with Crippen LogP contribution in [0.15, 0.2) is 66.7 Å². The number of unbranched alkanes of at least 4 members (excludes halogenated alkanes) is 1. The first-order valence-corrected chi connectivity index (χ1v) is 12.7. The molecule has 1 unspecified atom stereocenters. The van der Waals surface area contributed by atoms with Crippen LogP contribution in [-0.2, 0) is 9.45 Å². The normalized spacial score (nSPS) is 17.2. The first kappa shape index (κ1) is 26.4. The fraction of sp³-hybridized carbons (Fsp3) is 0.345. The third-order valence-corrected chi connectivity index (χ3v) is 6.90. The van der Waals surface area contributed by atoms with E-state index in [1.807, 2.05) is 73.7 Å². The molecule has 3 aromatic rings. The second-order valence-electron chi connectivity index (χ2n) is 9.08. The number of ether oxygens (including phenoxy) is 3. The van der Waals surface area contributed by atoms with Crippen LogP contribution in [0.3, 0.4) is 0 Å². The average Bonchev–Trinajstić information content (AvgIpc) is 3.24. The second kappa shape index (κ2) is 11.6. The molecule has 1 aliphatic rings. The van der Waals surface area contributed by atoms with Crippen molar-refractivity contribution in [3.8, 4) is 17.2 Å². The van der Waals surface area contributed by atoms with Gasteiger partial charge >= 0.3 is 7.05 Å². The fourth-order valence-electron chi connectivity index (χ4n) is 4.76. The predicted molar refractivity (Wildman–Crippen MR) is 149 cm³/mol. The summed E-state index contributed by atoms with van der Waals surface area (Å²) in [4.78, 5) is 15.8. The molecule has 1 amide bonds. The van der Waals surface area contributed by atoms with Crippen LogP contribution < -0.4 is 29.8 Å². The summed E-state index contributed by atoms with van der Waals surface area (Å²) < 4.78 is 23.3. The summed E-state index contributed by atoms with van der Waals surface area (Å²) in [5.74, 6) is 1.85. The van der Waals surface area contributed by atoms with E-state index >= 15 is 0 Å². The molecule has 0 aromatic heterocycles. The van der Waals surface area contributed by atoms with Crippen molar-refractivity contribution in [1.82, 2.24) is 0 Å². The zero-order chi connectivity index (χ0) is 26.4. The van der Waals surface area contributed by atoms with E-state index in [0.717, 1.165) is 35.4 Å². The highest BCUT2D eigenvalue weighted by molar-refractivity contribution is 6.77. The lowest BCUT2D eigenvalue weighted by molar-refractivity contribution is -0.130. The fourth-order valence-corrected chi connectivity index (χ4v) is 4.76. The lowest BCUT2D eigenvalue weighted by Crippen LogP contribution is -2.47. The number of rotatable bonds is 11. The van der Waals surface area contributed by atoms with Gasteiger partial charge < -0.3 is 29.0 Å². The predicted octanol–water partition coefficient (Wildman–Crippen LogP) is 5.55. The molecule has 4 rings (SSSR count). The monoisotopic (exact) mass is 502 g/mol. The molecule has 7 nitrogen and oxygen atoms in total. The molecule has 8 heteroatoms. The number of hydrogen-bond donors (Lipinski definition) is 1. The topological polar surface area (TPSA) is 69.3 Å². The highest BCUT2D eigenvalue weighted by atomic mass is 16.5. The molecule has 1 aliphatic heterocycles. The zero-order valence-corrected chi connectivity index (χ0v) is 22.2. The first-order chi connectivity index (χ1) is 18.0. The summed E-state index contributed by atoms with van der Waals surface area (Å²) in [7, 11) is 4.22. The maximum absolute atomic E-state index is 14.1. The van der Waals surface area contributed by atoms with Crippen LogP contribution >= 0.6 is 0 Å². The van der Waals surface area contributed by atoms with Crippen LogP contribution in [0, 0.1) is 0 Å². The van der Waals surface area contributed by atoms with Crippen molar-refractivity contribution in [3.63, 3.8) is 0 Å². The molecule has 0 spiro atoms. The van der Waals surface area contributed by atoms with Crippen molar-refractivity contribution in [2.75, 3.05) is 31.5 Å². The van der Waals surface area contributed by atoms with Gasteiger partial charge in [-0.25, -0.2) is 0 Å². The van der Waals surface area contributed by atoms with Crippen molar-refractivity contribution < 1.29 is 23.7 Å². The van der Waals surface area contributed by atoms with E-state index in [-0.39, 0.29) is 5.91 Å². The third-order valence-electron chi connectivity index (χ3n) is 6.90. The Morgan fingerprint density at radius 2 is 1.46 bits per heavy atom. The molecular formula is C29H35BN2O5. The van der Waals surface area contributed by atoms with Gasteiger partial charge in [-0.3, -0.25) is 4.79 Å². The summed E-state index contributed by atoms with van der Waals surface area (Å²) >= 11 is 0. The number of amides is 1. The van der Waals surface area contributed by atoms with Gasteiger partial charge in [0.1, 0.15) is 28.5 Å². The van der Waals surface area contributed by atoms with E-state index in [4.69, 9.17) is 18.9 Å². The summed E-state index contributed by atoms with van der Waals surface area (Å²) in [6, 6.07) is 21.2. The quantitative estimate of drug-likeness (QED) is 0.347. The molecule has 194 valence electrons. The summed E-state index contributed by atoms with van der Waals surface area (Å²) in [6.45, 7) is 4.13. The minimum Gasteiger partial charge on any atom is -0.497 e. The smallest absolute Gasteiger partial charge is 0.460 e. The maximum Gasteiger partial charge on any atom is 0.460 e. The Labute approximate surface area is 219 Å². The number of carbonyl (C=O) groups excluding carboxylic acids is 1. The lowest BCUT2D eigenvalue weighted by atomic mass is 9.71. The second-order valence-corrected chi connectivity index (χ2v) is 9.08. The highest BCUT2D eigenvalue weighted by Crippen LogP contribution is 2.44. The van der Waals surface area contributed by atoms with E-state index in [9.17, 15) is 4.79 Å². The van der Waals surface area contributed by atoms with Crippen LogP contribution in [0.2, 0.25) is 0 Å². The number of benzene rings is 3. The number of para-hydroxylation sites is 1. The third kappa shape index (κ3) is 5.25. The number of nitrogens with zero attached hydrogens (tertiary/aromatic N) is 1. The van der Waals surface area contributed by atoms with Crippen molar-refractivity contribution in [2.45, 2.75) is 45.1 Å². The number of nitrogens with one attached hydrogen (secondary N) is 1. The van der Waals surface area contributed by atoms with Crippen LogP contribution in [-0.4, -0.2) is 39.9 Å². The van der Waals surface area contributed by atoms with Gasteiger partial charge in [-0.1, -0.05) is 44.9 Å². The molecule has 1 fully saturated rings. The van der Waals surface area contributed by atoms with Gasteiger partial charge in [0.25, 0.3) is 0 Å². The molecule has 0 bridgehead atoms. The van der Waals surface area contributed by atoms with Crippen molar-refractivity contribution in [3.05, 3.63) is 66.7 Å². The van der Waals surface area contributed by atoms with Gasteiger partial charge in [-0.05, 0) is 66.8 Å². The zero-order valence-electron chi connectivity index (χ0n) is 22.2. The molecule has 1 saturated heterocycles. The van der Waals surface area contributed by atoms with Crippen LogP contribution in [0.5, 0.6) is 17.2 Å². The molecule has 0 radical (unpaired) electrons. The molecule has 0 saturated carbocycles. The Kier molecular flexibility index (Phi) is 8.29. The van der Waals surface area contributed by atoms with E-state index in [1.165, 1.54) is 0 Å². The largest absolute Gasteiger partial charge is 0.497 e. The molecule has 0 aliphatic carbocycles. The van der Waals surface area contributed by atoms with Gasteiger partial charge in [0, 0.05) is 11.4 Å². The lowest BCUT2D eigenvalue weighted by Gasteiger charge is -2.27. The van der Waals surface area contributed by atoms with E-state index in [2.05, 4.69) is 12.2 Å². The summed E-state index contributed by atoms with van der Waals surface area (Å²) in [6.07, 6.45) is 3.11. The number of hydrogen-bond acceptors (Lipinski definition) is 6. The van der Waals surface area contributed by atoms with Crippen molar-refractivity contribution in [1.29, 1.82) is 0 Å². The van der Waals surface area contributed by atoms with Crippen LogP contribution in [0.25, 0.3) is 0 Å². The van der Waals surface area contributed by atoms with Crippen LogP contribution in [0.4, 0.5) is 17.1 Å². The summed E-state index contributed by atoms with van der Waals surface area (Å²) in [5, 5.41) is 3.40. The standard InChI is InChI=1S/C29H35BN2O5/c1-6-8-20-29(7-2)28(33)32(27-25(35-4)10-9-11-26(27)36-5)30(37-29)21-12-14-22(15-13-21)31-23-16-18-24(34-3)19-17-23/h9-19,31H,6-8,20H2,1-5H3. The highest BCUT2D eigenvalue weighted by Gasteiger charge is 2.56. The number of anilines is 3. The number of methoxy groups -OCH3 is 3. The number of carbonyl (C=O) groups is 1. The molecule has 3 aromatic carbocycles. The molecule has 37 heavy (non-hydrogen) atoms. The maximum atomic E-state index is 14.1. The Morgan fingerprint density at radius 3 is 1.97 bits per heavy atom. The Balaban J connectivity index is 1.71. The van der Waals surface area contributed by atoms with E-state index in [0.29, 0.717) is 30.0 Å². The van der Waals surface area contributed by atoms with Gasteiger partial charge in [-0.15, -0.1) is 0 Å². The Bertz CT molecular complexity index is 1180. The van der Waals surface area contributed by atoms with Crippen LogP contribution in [0.1, 0.15) is 39.5 Å². The average molecular weight is 502 g/mol. The van der Waals surface area contributed by atoms with Crippen molar-refractivity contribution in [2.24, 2.45) is 0 Å². The Morgan fingerprint density at radius 1 is 0.865 bits per heavy atom. The van der Waals surface area contributed by atoms with E-state index in [1.54, 1.807) is 26.1 Å². The molecule has 1 N–H and O–H groups in total. The minimum absolute atomic E-state index is 0.0725. The summed E-state index contributed by atoms with van der Waals surface area (Å²) in [5.41, 5.74) is 2.41. The molecular weight excluding hydrogens is 467 g/mol. The van der Waals surface area contributed by atoms with Gasteiger partial charge in [0.2, 0.25) is 5.91 Å².